The van der Waals surface area contributed by atoms with Crippen molar-refractivity contribution in [3.05, 3.63) is 58.1 Å². The lowest BCUT2D eigenvalue weighted by molar-refractivity contribution is 0.0601. The maximum atomic E-state index is 11.7. The number of halogens is 1. The van der Waals surface area contributed by atoms with Gasteiger partial charge in [0.05, 0.1) is 29.6 Å². The molecule has 0 atom stereocenters. The van der Waals surface area contributed by atoms with Gasteiger partial charge < -0.3 is 14.8 Å². The monoisotopic (exact) mass is 386 g/mol. The maximum Gasteiger partial charge on any atom is 0.337 e. The maximum absolute atomic E-state index is 11.7. The number of carbonyl (C=O) groups is 1. The quantitative estimate of drug-likeness (QED) is 0.511. The number of nitrogens with one attached hydrogen (secondary N) is 1. The fraction of sp³-hybridized carbons (Fsp3) is 0.111. The number of hydrogen-bond donors (Lipinski definition) is 2. The minimum absolute atomic E-state index is 0.0189. The molecule has 0 aliphatic heterocycles. The van der Waals surface area contributed by atoms with Crippen LogP contribution in [0.3, 0.4) is 0 Å². The predicted octanol–water partition coefficient (Wildman–Crippen LogP) is 4.56. The van der Waals surface area contributed by atoms with Gasteiger partial charge in [0, 0.05) is 15.4 Å². The molecule has 0 aliphatic carbocycles. The molecule has 0 bridgehead atoms. The fourth-order valence-electron chi connectivity index (χ4n) is 2.55. The standard InChI is InChI=1S/C18H15BrN2O3/c1-10(20-13-6-4-12(19)5-7-13)16-14-9-11(18(23)24-2)3-8-15(14)21-17(16)22/h3-9,21-22H,1-2H3. The predicted molar refractivity (Wildman–Crippen MR) is 97.3 cm³/mol. The summed E-state index contributed by atoms with van der Waals surface area (Å²) in [6.07, 6.45) is 0. The zero-order chi connectivity index (χ0) is 17.3. The summed E-state index contributed by atoms with van der Waals surface area (Å²) in [6.45, 7) is 1.81. The molecule has 0 radical (unpaired) electrons. The average molecular weight is 387 g/mol. The molecule has 5 nitrogen and oxygen atoms in total. The van der Waals surface area contributed by atoms with Crippen molar-refractivity contribution in [3.63, 3.8) is 0 Å². The third kappa shape index (κ3) is 3.05. The van der Waals surface area contributed by atoms with Crippen LogP contribution < -0.4 is 0 Å². The van der Waals surface area contributed by atoms with Crippen LogP contribution in [0.4, 0.5) is 5.69 Å². The Kier molecular flexibility index (Phi) is 4.40. The topological polar surface area (TPSA) is 74.7 Å². The first-order chi connectivity index (χ1) is 11.5. The van der Waals surface area contributed by atoms with E-state index in [-0.39, 0.29) is 5.88 Å². The second-order valence-corrected chi connectivity index (χ2v) is 6.19. The minimum atomic E-state index is -0.425. The summed E-state index contributed by atoms with van der Waals surface area (Å²) < 4.78 is 5.72. The Morgan fingerprint density at radius 2 is 1.92 bits per heavy atom. The second kappa shape index (κ2) is 6.49. The molecule has 0 spiro atoms. The van der Waals surface area contributed by atoms with Crippen LogP contribution >= 0.6 is 15.9 Å². The number of ether oxygens (including phenoxy) is 1. The van der Waals surface area contributed by atoms with E-state index in [0.29, 0.717) is 22.2 Å². The van der Waals surface area contributed by atoms with Gasteiger partial charge in [-0.25, -0.2) is 4.79 Å². The van der Waals surface area contributed by atoms with Crippen LogP contribution in [0, 0.1) is 0 Å². The van der Waals surface area contributed by atoms with E-state index >= 15 is 0 Å². The Hall–Kier alpha value is -2.60. The van der Waals surface area contributed by atoms with Crippen LogP contribution in [0.2, 0.25) is 0 Å². The summed E-state index contributed by atoms with van der Waals surface area (Å²) in [5.74, 6) is -0.406. The molecule has 0 amide bonds. The van der Waals surface area contributed by atoms with E-state index in [2.05, 4.69) is 25.9 Å². The van der Waals surface area contributed by atoms with E-state index in [1.807, 2.05) is 31.2 Å². The molecule has 2 N–H and O–H groups in total. The number of nitrogens with zero attached hydrogens (tertiary/aromatic N) is 1. The molecule has 24 heavy (non-hydrogen) atoms. The molecular formula is C18H15BrN2O3. The number of aromatic amines is 1. The highest BCUT2D eigenvalue weighted by molar-refractivity contribution is 9.10. The molecule has 1 heterocycles. The number of benzene rings is 2. The van der Waals surface area contributed by atoms with Gasteiger partial charge in [0.1, 0.15) is 0 Å². The summed E-state index contributed by atoms with van der Waals surface area (Å²) in [4.78, 5) is 19.2. The molecule has 2 aromatic carbocycles. The number of rotatable bonds is 3. The Bertz CT molecular complexity index is 943. The number of hydrogen-bond acceptors (Lipinski definition) is 4. The van der Waals surface area contributed by atoms with Crippen molar-refractivity contribution in [1.82, 2.24) is 4.98 Å². The first-order valence-corrected chi connectivity index (χ1v) is 8.03. The van der Waals surface area contributed by atoms with Crippen molar-refractivity contribution >= 4 is 44.2 Å². The van der Waals surface area contributed by atoms with Crippen molar-refractivity contribution in [3.8, 4) is 5.88 Å². The third-order valence-electron chi connectivity index (χ3n) is 3.69. The van der Waals surface area contributed by atoms with Crippen molar-refractivity contribution < 1.29 is 14.6 Å². The van der Waals surface area contributed by atoms with Crippen molar-refractivity contribution in [2.45, 2.75) is 6.92 Å². The van der Waals surface area contributed by atoms with E-state index < -0.39 is 5.97 Å². The summed E-state index contributed by atoms with van der Waals surface area (Å²) in [5, 5.41) is 11.0. The molecule has 6 heteroatoms. The normalized spacial score (nSPS) is 11.7. The van der Waals surface area contributed by atoms with Gasteiger partial charge in [-0.05, 0) is 49.4 Å². The Labute approximate surface area is 147 Å². The zero-order valence-electron chi connectivity index (χ0n) is 13.1. The lowest BCUT2D eigenvalue weighted by Gasteiger charge is -2.03. The molecule has 0 aliphatic rings. The van der Waals surface area contributed by atoms with E-state index in [4.69, 9.17) is 4.74 Å². The summed E-state index contributed by atoms with van der Waals surface area (Å²) in [5.41, 5.74) is 3.12. The number of esters is 1. The van der Waals surface area contributed by atoms with Gasteiger partial charge in [-0.1, -0.05) is 15.9 Å². The van der Waals surface area contributed by atoms with E-state index in [1.54, 1.807) is 18.2 Å². The molecule has 1 aromatic heterocycles. The summed E-state index contributed by atoms with van der Waals surface area (Å²) in [7, 11) is 1.34. The van der Waals surface area contributed by atoms with Crippen LogP contribution in [0.15, 0.2) is 51.9 Å². The van der Waals surface area contributed by atoms with Gasteiger partial charge in [0.2, 0.25) is 0 Å². The highest BCUT2D eigenvalue weighted by Crippen LogP contribution is 2.30. The van der Waals surface area contributed by atoms with Gasteiger partial charge in [0.25, 0.3) is 0 Å². The smallest absolute Gasteiger partial charge is 0.337 e. The minimum Gasteiger partial charge on any atom is -0.494 e. The molecule has 3 aromatic rings. The third-order valence-corrected chi connectivity index (χ3v) is 4.21. The van der Waals surface area contributed by atoms with Gasteiger partial charge in [-0.2, -0.15) is 0 Å². The summed E-state index contributed by atoms with van der Waals surface area (Å²) in [6, 6.07) is 12.6. The first kappa shape index (κ1) is 16.3. The molecular weight excluding hydrogens is 372 g/mol. The molecule has 0 saturated heterocycles. The summed E-state index contributed by atoms with van der Waals surface area (Å²) >= 11 is 3.39. The second-order valence-electron chi connectivity index (χ2n) is 5.27. The van der Waals surface area contributed by atoms with E-state index in [9.17, 15) is 9.90 Å². The molecule has 0 fully saturated rings. The van der Waals surface area contributed by atoms with Crippen molar-refractivity contribution in [2.75, 3.05) is 7.11 Å². The number of H-pyrrole nitrogens is 1. The van der Waals surface area contributed by atoms with E-state index in [0.717, 1.165) is 15.7 Å². The number of aliphatic imine (C=N–C) groups is 1. The Balaban J connectivity index is 2.11. The van der Waals surface area contributed by atoms with Gasteiger partial charge >= 0.3 is 5.97 Å². The number of carbonyl (C=O) groups excluding carboxylic acids is 1. The van der Waals surface area contributed by atoms with Gasteiger partial charge in [-0.15, -0.1) is 0 Å². The van der Waals surface area contributed by atoms with Crippen LogP contribution in [0.5, 0.6) is 5.88 Å². The van der Waals surface area contributed by atoms with Gasteiger partial charge in [0.15, 0.2) is 5.88 Å². The van der Waals surface area contributed by atoms with Crippen LogP contribution in [0.25, 0.3) is 10.9 Å². The highest BCUT2D eigenvalue weighted by Gasteiger charge is 2.16. The molecule has 0 unspecified atom stereocenters. The van der Waals surface area contributed by atoms with Gasteiger partial charge in [-0.3, -0.25) is 4.99 Å². The molecule has 0 saturated carbocycles. The number of aromatic nitrogens is 1. The molecule has 3 rings (SSSR count). The zero-order valence-corrected chi connectivity index (χ0v) is 14.7. The lowest BCUT2D eigenvalue weighted by atomic mass is 10.1. The number of aromatic hydroxyl groups is 1. The van der Waals surface area contributed by atoms with E-state index in [1.165, 1.54) is 7.11 Å². The van der Waals surface area contributed by atoms with Crippen LogP contribution in [-0.2, 0) is 4.74 Å². The largest absolute Gasteiger partial charge is 0.494 e. The first-order valence-electron chi connectivity index (χ1n) is 7.24. The SMILES string of the molecule is COC(=O)c1ccc2[nH]c(O)c(C(C)=Nc3ccc(Br)cc3)c2c1. The average Bonchev–Trinajstić information content (AvgIpc) is 2.91. The lowest BCUT2D eigenvalue weighted by Crippen LogP contribution is -2.01. The van der Waals surface area contributed by atoms with Crippen LogP contribution in [0.1, 0.15) is 22.8 Å². The van der Waals surface area contributed by atoms with Crippen molar-refractivity contribution in [2.24, 2.45) is 4.99 Å². The molecule has 122 valence electrons. The highest BCUT2D eigenvalue weighted by atomic mass is 79.9. The number of methoxy groups -OCH3 is 1. The fourth-order valence-corrected chi connectivity index (χ4v) is 2.82. The Morgan fingerprint density at radius 3 is 2.58 bits per heavy atom. The number of fused-ring (bicyclic) bond motifs is 1. The van der Waals surface area contributed by atoms with Crippen molar-refractivity contribution in [1.29, 1.82) is 0 Å². The van der Waals surface area contributed by atoms with Crippen LogP contribution in [-0.4, -0.2) is 28.9 Å². The Morgan fingerprint density at radius 1 is 1.21 bits per heavy atom.